The van der Waals surface area contributed by atoms with Gasteiger partial charge in [-0.05, 0) is 114 Å². The van der Waals surface area contributed by atoms with Gasteiger partial charge in [-0.1, -0.05) is 194 Å². The molecule has 5 heterocycles. The number of para-hydroxylation sites is 4. The maximum Gasteiger partial charge on any atom is 0.252 e. The summed E-state index contributed by atoms with van der Waals surface area (Å²) < 4.78 is 7.99. The van der Waals surface area contributed by atoms with E-state index in [0.717, 1.165) is 22.7 Å². The van der Waals surface area contributed by atoms with Gasteiger partial charge < -0.3 is 18.6 Å². The van der Waals surface area contributed by atoms with Crippen molar-refractivity contribution in [1.29, 1.82) is 0 Å². The van der Waals surface area contributed by atoms with Crippen LogP contribution in [0.5, 0.6) is 0 Å². The molecule has 4 nitrogen and oxygen atoms in total. The summed E-state index contributed by atoms with van der Waals surface area (Å²) in [7, 11) is 0. The third-order valence-corrected chi connectivity index (χ3v) is 17.1. The number of aromatic nitrogens is 3. The van der Waals surface area contributed by atoms with Crippen molar-refractivity contribution in [2.75, 3.05) is 4.90 Å². The van der Waals surface area contributed by atoms with Crippen LogP contribution in [-0.2, 0) is 0 Å². The van der Waals surface area contributed by atoms with Gasteiger partial charge >= 0.3 is 0 Å². The Morgan fingerprint density at radius 2 is 0.693 bits per heavy atom. The van der Waals surface area contributed by atoms with E-state index >= 15 is 0 Å². The highest BCUT2D eigenvalue weighted by molar-refractivity contribution is 7.01. The average Bonchev–Trinajstić information content (AvgIpc) is 4.33. The molecule has 75 heavy (non-hydrogen) atoms. The van der Waals surface area contributed by atoms with Crippen molar-refractivity contribution in [2.24, 2.45) is 0 Å². The SMILES string of the molecule is c1ccc(N(c2ccccc2)c2cc(-n3c4ccccc4c4ccccc43)c3c4c2-n2c5ccc6ccccc6c5c5c6ccccc6cc(c52)B4c2cc4ccccc4c4c5c6ccccc6ccc5n-3c24)cc1. The van der Waals surface area contributed by atoms with Gasteiger partial charge in [-0.2, -0.15) is 0 Å². The minimum absolute atomic E-state index is 0.166. The lowest BCUT2D eigenvalue weighted by Gasteiger charge is -2.39. The Morgan fingerprint density at radius 3 is 1.19 bits per heavy atom. The monoisotopic (exact) mass is 948 g/mol. The van der Waals surface area contributed by atoms with E-state index < -0.39 is 0 Å². The number of fused-ring (bicyclic) bond motifs is 21. The summed E-state index contributed by atoms with van der Waals surface area (Å²) in [5.41, 5.74) is 18.1. The largest absolute Gasteiger partial charge is 0.308 e. The van der Waals surface area contributed by atoms with Crippen molar-refractivity contribution in [3.05, 3.63) is 249 Å². The fourth-order valence-electron chi connectivity index (χ4n) is 14.2. The van der Waals surface area contributed by atoms with Gasteiger partial charge in [0.25, 0.3) is 6.71 Å². The minimum Gasteiger partial charge on any atom is -0.308 e. The summed E-state index contributed by atoms with van der Waals surface area (Å²) in [6.45, 7) is -0.166. The molecule has 0 saturated carbocycles. The van der Waals surface area contributed by atoms with E-state index in [2.05, 4.69) is 267 Å². The van der Waals surface area contributed by atoms with Gasteiger partial charge in [0.1, 0.15) is 0 Å². The smallest absolute Gasteiger partial charge is 0.252 e. The lowest BCUT2D eigenvalue weighted by Crippen LogP contribution is -2.60. The Kier molecular flexibility index (Phi) is 7.65. The van der Waals surface area contributed by atoms with E-state index in [9.17, 15) is 0 Å². The van der Waals surface area contributed by atoms with Crippen LogP contribution in [0.15, 0.2) is 249 Å². The van der Waals surface area contributed by atoms with E-state index in [1.165, 1.54) is 136 Å². The summed E-state index contributed by atoms with van der Waals surface area (Å²) >= 11 is 0. The Hall–Kier alpha value is -9.84. The number of rotatable bonds is 4. The first-order valence-corrected chi connectivity index (χ1v) is 26.1. The highest BCUT2D eigenvalue weighted by Crippen LogP contribution is 2.51. The van der Waals surface area contributed by atoms with Crippen molar-refractivity contribution in [3.63, 3.8) is 0 Å². The topological polar surface area (TPSA) is 18.0 Å². The van der Waals surface area contributed by atoms with E-state index in [0.29, 0.717) is 0 Å². The molecule has 0 spiro atoms. The van der Waals surface area contributed by atoms with Gasteiger partial charge in [0.2, 0.25) is 0 Å². The third-order valence-electron chi connectivity index (χ3n) is 17.1. The standard InChI is InChI=1S/C70H41BN4/c1-3-23-46(24-4-1)72(47-25-5-2-6-26-47)60-41-61(73-56-33-17-15-31-52(56)53-32-16-18-34-57(53)73)70-66-69(60)74-58-37-35-42-19-7-11-27-48(42)62(58)64-50-29-13-9-21-44(50)39-54(67(64)74)71(66)55-40-45-22-10-14-30-51(45)65-63-49-28-12-8-20-43(49)36-38-59(63)75(70)68(55)65/h1-41H. The molecular formula is C70H41BN4. The van der Waals surface area contributed by atoms with Crippen LogP contribution in [0.3, 0.4) is 0 Å². The molecule has 0 fully saturated rings. The van der Waals surface area contributed by atoms with Crippen LogP contribution in [0.25, 0.3) is 126 Å². The molecule has 18 rings (SSSR count). The molecule has 0 bridgehead atoms. The van der Waals surface area contributed by atoms with Gasteiger partial charge in [0, 0.05) is 43.7 Å². The van der Waals surface area contributed by atoms with E-state index in [1.54, 1.807) is 0 Å². The molecule has 0 unspecified atom stereocenters. The Balaban J connectivity index is 1.17. The Morgan fingerprint density at radius 1 is 0.293 bits per heavy atom. The van der Waals surface area contributed by atoms with Crippen LogP contribution < -0.4 is 21.3 Å². The number of nitrogens with zero attached hydrogens (tertiary/aromatic N) is 4. The number of benzene rings is 13. The van der Waals surface area contributed by atoms with Crippen LogP contribution in [0.4, 0.5) is 17.1 Å². The van der Waals surface area contributed by atoms with Gasteiger partial charge in [0.15, 0.2) is 0 Å². The summed E-state index contributed by atoms with van der Waals surface area (Å²) in [5.74, 6) is 0. The van der Waals surface area contributed by atoms with Crippen LogP contribution >= 0.6 is 0 Å². The minimum atomic E-state index is -0.166. The van der Waals surface area contributed by atoms with Crippen molar-refractivity contribution < 1.29 is 0 Å². The summed E-state index contributed by atoms with van der Waals surface area (Å²) in [6.07, 6.45) is 0. The number of hydrogen-bond acceptors (Lipinski definition) is 1. The molecule has 0 N–H and O–H groups in total. The second-order valence-corrected chi connectivity index (χ2v) is 20.7. The molecule has 16 aromatic rings. The Labute approximate surface area is 430 Å². The molecule has 13 aromatic carbocycles. The summed E-state index contributed by atoms with van der Waals surface area (Å²) in [6, 6.07) is 93.5. The van der Waals surface area contributed by atoms with Gasteiger partial charge in [-0.15, -0.1) is 0 Å². The van der Waals surface area contributed by atoms with E-state index in [4.69, 9.17) is 0 Å². The molecule has 0 aliphatic carbocycles. The zero-order chi connectivity index (χ0) is 48.6. The van der Waals surface area contributed by atoms with Gasteiger partial charge in [-0.25, -0.2) is 0 Å². The van der Waals surface area contributed by atoms with E-state index in [-0.39, 0.29) is 6.71 Å². The number of hydrogen-bond donors (Lipinski definition) is 0. The molecule has 0 saturated heterocycles. The predicted molar refractivity (Wildman–Crippen MR) is 319 cm³/mol. The predicted octanol–water partition coefficient (Wildman–Crippen LogP) is 16.2. The second-order valence-electron chi connectivity index (χ2n) is 20.7. The maximum absolute atomic E-state index is 2.70. The molecular weight excluding hydrogens is 908 g/mol. The van der Waals surface area contributed by atoms with Crippen LogP contribution in [0.1, 0.15) is 0 Å². The maximum atomic E-state index is 2.70. The van der Waals surface area contributed by atoms with E-state index in [1.807, 2.05) is 0 Å². The van der Waals surface area contributed by atoms with Crippen molar-refractivity contribution in [3.8, 4) is 17.1 Å². The zero-order valence-corrected chi connectivity index (χ0v) is 40.5. The zero-order valence-electron chi connectivity index (χ0n) is 40.5. The summed E-state index contributed by atoms with van der Waals surface area (Å²) in [4.78, 5) is 2.53. The fourth-order valence-corrected chi connectivity index (χ4v) is 14.2. The molecule has 3 aromatic heterocycles. The summed E-state index contributed by atoms with van der Waals surface area (Å²) in [5, 5.41) is 17.7. The first-order valence-electron chi connectivity index (χ1n) is 26.1. The number of anilines is 3. The van der Waals surface area contributed by atoms with Crippen molar-refractivity contribution in [2.45, 2.75) is 0 Å². The molecule has 0 atom stereocenters. The van der Waals surface area contributed by atoms with Crippen LogP contribution in [-0.4, -0.2) is 20.4 Å². The highest BCUT2D eigenvalue weighted by atomic mass is 15.2. The van der Waals surface area contributed by atoms with Gasteiger partial charge in [0.05, 0.1) is 55.8 Å². The normalized spacial score (nSPS) is 12.8. The molecule has 344 valence electrons. The average molecular weight is 949 g/mol. The first kappa shape index (κ1) is 39.7. The third kappa shape index (κ3) is 5.02. The lowest BCUT2D eigenvalue weighted by atomic mass is 9.34. The van der Waals surface area contributed by atoms with Crippen molar-refractivity contribution in [1.82, 2.24) is 13.7 Å². The fraction of sp³-hybridized carbons (Fsp3) is 0. The van der Waals surface area contributed by atoms with Crippen LogP contribution in [0.2, 0.25) is 0 Å². The molecule has 0 amide bonds. The van der Waals surface area contributed by atoms with Crippen LogP contribution in [0, 0.1) is 0 Å². The highest BCUT2D eigenvalue weighted by Gasteiger charge is 2.45. The molecule has 2 aliphatic rings. The van der Waals surface area contributed by atoms with Gasteiger partial charge in [-0.3, -0.25) is 0 Å². The second kappa shape index (κ2) is 14.4. The molecule has 0 radical (unpaired) electrons. The lowest BCUT2D eigenvalue weighted by molar-refractivity contribution is 1.08. The first-order chi connectivity index (χ1) is 37.3. The molecule has 2 aliphatic heterocycles. The van der Waals surface area contributed by atoms with Crippen molar-refractivity contribution >= 4 is 149 Å². The quantitative estimate of drug-likeness (QED) is 0.161. The Bertz CT molecular complexity index is 5100. The molecule has 5 heteroatoms.